The number of esters is 1. The van der Waals surface area contributed by atoms with Crippen LogP contribution in [0.15, 0.2) is 30.3 Å². The van der Waals surface area contributed by atoms with Gasteiger partial charge >= 0.3 is 5.97 Å². The van der Waals surface area contributed by atoms with Crippen LogP contribution in [0.1, 0.15) is 26.3 Å². The first-order valence-electron chi connectivity index (χ1n) is 6.67. The lowest BCUT2D eigenvalue weighted by molar-refractivity contribution is -0.164. The number of ether oxygens (including phenoxy) is 1. The molecular formula is C15H24N2O3. The number of hydrogen-bond donors (Lipinski definition) is 3. The lowest BCUT2D eigenvalue weighted by atomic mass is 9.92. The van der Waals surface area contributed by atoms with Gasteiger partial charge in [0, 0.05) is 0 Å². The Morgan fingerprint density at radius 1 is 1.25 bits per heavy atom. The van der Waals surface area contributed by atoms with Gasteiger partial charge in [-0.05, 0) is 32.8 Å². The fourth-order valence-electron chi connectivity index (χ4n) is 1.86. The molecule has 0 radical (unpaired) electrons. The average molecular weight is 280 g/mol. The van der Waals surface area contributed by atoms with Crippen molar-refractivity contribution in [3.8, 4) is 0 Å². The highest BCUT2D eigenvalue weighted by atomic mass is 16.6. The molecule has 0 fully saturated rings. The first-order valence-corrected chi connectivity index (χ1v) is 6.67. The Bertz CT molecular complexity index is 426. The molecule has 0 aromatic heterocycles. The molecule has 112 valence electrons. The van der Waals surface area contributed by atoms with E-state index in [-0.39, 0.29) is 0 Å². The Morgan fingerprint density at radius 3 is 2.25 bits per heavy atom. The lowest BCUT2D eigenvalue weighted by Gasteiger charge is -2.28. The maximum Gasteiger partial charge on any atom is 0.312 e. The molecule has 0 saturated carbocycles. The van der Waals surface area contributed by atoms with Gasteiger partial charge < -0.3 is 21.3 Å². The molecule has 0 saturated heterocycles. The minimum atomic E-state index is -1.15. The van der Waals surface area contributed by atoms with E-state index in [1.54, 1.807) is 20.8 Å². The van der Waals surface area contributed by atoms with Gasteiger partial charge in [0.2, 0.25) is 0 Å². The third-order valence-electron chi connectivity index (χ3n) is 2.81. The Morgan fingerprint density at radius 2 is 1.80 bits per heavy atom. The van der Waals surface area contributed by atoms with Gasteiger partial charge in [-0.15, -0.1) is 0 Å². The molecule has 0 bridgehead atoms. The molecule has 0 aliphatic carbocycles. The molecule has 0 heterocycles. The number of aliphatic hydroxyl groups excluding tert-OH is 1. The topological polar surface area (TPSA) is 98.6 Å². The van der Waals surface area contributed by atoms with E-state index in [9.17, 15) is 9.90 Å². The van der Waals surface area contributed by atoms with Crippen LogP contribution in [0.25, 0.3) is 0 Å². The Hall–Kier alpha value is -1.43. The number of carbonyl (C=O) groups is 1. The standard InChI is InChI=1S/C15H24N2O3/c1-15(2,3)20-14(19)11(12(18)13(16)17)9-10-7-5-4-6-8-10/h4-8,11-13,18H,9,16-17H2,1-3H3/t11-,12+/m0/s1. The summed E-state index contributed by atoms with van der Waals surface area (Å²) in [5.74, 6) is -1.27. The summed E-state index contributed by atoms with van der Waals surface area (Å²) in [6.07, 6.45) is -1.80. The highest BCUT2D eigenvalue weighted by molar-refractivity contribution is 5.74. The molecule has 0 aliphatic rings. The van der Waals surface area contributed by atoms with Gasteiger partial charge in [0.15, 0.2) is 0 Å². The molecule has 20 heavy (non-hydrogen) atoms. The quantitative estimate of drug-likeness (QED) is 0.547. The van der Waals surface area contributed by atoms with Crippen molar-refractivity contribution in [1.82, 2.24) is 0 Å². The van der Waals surface area contributed by atoms with Crippen LogP contribution in [0.2, 0.25) is 0 Å². The van der Waals surface area contributed by atoms with Crippen molar-refractivity contribution in [3.63, 3.8) is 0 Å². The number of aliphatic hydroxyl groups is 1. The van der Waals surface area contributed by atoms with Gasteiger partial charge in [-0.3, -0.25) is 4.79 Å². The third kappa shape index (κ3) is 5.28. The zero-order valence-corrected chi connectivity index (χ0v) is 12.2. The second-order valence-corrected chi connectivity index (χ2v) is 5.90. The number of nitrogens with two attached hydrogens (primary N) is 2. The van der Waals surface area contributed by atoms with E-state index >= 15 is 0 Å². The highest BCUT2D eigenvalue weighted by Gasteiger charge is 2.33. The van der Waals surface area contributed by atoms with E-state index in [2.05, 4.69) is 0 Å². The van der Waals surface area contributed by atoms with E-state index in [1.807, 2.05) is 30.3 Å². The summed E-state index contributed by atoms with van der Waals surface area (Å²) >= 11 is 0. The predicted octanol–water partition coefficient (Wildman–Crippen LogP) is 0.791. The number of carbonyl (C=O) groups excluding carboxylic acids is 1. The Kier molecular flexibility index (Phi) is 5.68. The summed E-state index contributed by atoms with van der Waals surface area (Å²) in [6, 6.07) is 9.39. The lowest BCUT2D eigenvalue weighted by Crippen LogP contribution is -2.50. The molecular weight excluding hydrogens is 256 g/mol. The van der Waals surface area contributed by atoms with Crippen molar-refractivity contribution in [2.75, 3.05) is 0 Å². The fourth-order valence-corrected chi connectivity index (χ4v) is 1.86. The predicted molar refractivity (Wildman–Crippen MR) is 77.7 cm³/mol. The Labute approximate surface area is 119 Å². The van der Waals surface area contributed by atoms with Crippen LogP contribution < -0.4 is 11.5 Å². The van der Waals surface area contributed by atoms with Gasteiger partial charge in [0.25, 0.3) is 0 Å². The molecule has 0 spiro atoms. The van der Waals surface area contributed by atoms with Crippen LogP contribution in [0.5, 0.6) is 0 Å². The monoisotopic (exact) mass is 280 g/mol. The summed E-state index contributed by atoms with van der Waals surface area (Å²) < 4.78 is 5.33. The van der Waals surface area contributed by atoms with Crippen LogP contribution in [-0.2, 0) is 16.0 Å². The van der Waals surface area contributed by atoms with E-state index in [1.165, 1.54) is 0 Å². The maximum atomic E-state index is 12.2. The fraction of sp³-hybridized carbons (Fsp3) is 0.533. The molecule has 1 rings (SSSR count). The number of rotatable bonds is 5. The highest BCUT2D eigenvalue weighted by Crippen LogP contribution is 2.19. The first kappa shape index (κ1) is 16.6. The van der Waals surface area contributed by atoms with Crippen molar-refractivity contribution in [3.05, 3.63) is 35.9 Å². The second kappa shape index (κ2) is 6.83. The normalized spacial score (nSPS) is 14.9. The first-order chi connectivity index (χ1) is 9.20. The van der Waals surface area contributed by atoms with Crippen molar-refractivity contribution >= 4 is 5.97 Å². The van der Waals surface area contributed by atoms with Crippen molar-refractivity contribution in [2.24, 2.45) is 17.4 Å². The summed E-state index contributed by atoms with van der Waals surface area (Å²) in [5, 5.41) is 10.1. The van der Waals surface area contributed by atoms with Crippen LogP contribution in [0, 0.1) is 5.92 Å². The summed E-state index contributed by atoms with van der Waals surface area (Å²) in [7, 11) is 0. The molecule has 5 nitrogen and oxygen atoms in total. The Balaban J connectivity index is 2.88. The van der Waals surface area contributed by atoms with Crippen molar-refractivity contribution in [2.45, 2.75) is 45.1 Å². The largest absolute Gasteiger partial charge is 0.460 e. The summed E-state index contributed by atoms with van der Waals surface area (Å²) in [6.45, 7) is 5.33. The molecule has 1 aromatic rings. The molecule has 2 atom stereocenters. The van der Waals surface area contributed by atoms with Crippen LogP contribution in [0.3, 0.4) is 0 Å². The SMILES string of the molecule is CC(C)(C)OC(=O)[C@@H](Cc1ccccc1)[C@@H](O)C(N)N. The number of hydrogen-bond acceptors (Lipinski definition) is 5. The zero-order valence-electron chi connectivity index (χ0n) is 12.2. The number of benzene rings is 1. The molecule has 5 N–H and O–H groups in total. The van der Waals surface area contributed by atoms with Gasteiger partial charge in [0.1, 0.15) is 5.60 Å². The van der Waals surface area contributed by atoms with Crippen molar-refractivity contribution < 1.29 is 14.6 Å². The molecule has 0 amide bonds. The third-order valence-corrected chi connectivity index (χ3v) is 2.81. The van der Waals surface area contributed by atoms with E-state index in [0.29, 0.717) is 6.42 Å². The molecule has 0 aliphatic heterocycles. The minimum absolute atomic E-state index is 0.335. The molecule has 5 heteroatoms. The van der Waals surface area contributed by atoms with Crippen LogP contribution in [0.4, 0.5) is 0 Å². The smallest absolute Gasteiger partial charge is 0.312 e. The minimum Gasteiger partial charge on any atom is -0.460 e. The van der Waals surface area contributed by atoms with E-state index < -0.39 is 29.8 Å². The summed E-state index contributed by atoms with van der Waals surface area (Å²) in [4.78, 5) is 12.2. The average Bonchev–Trinajstić information content (AvgIpc) is 2.34. The van der Waals surface area contributed by atoms with Crippen LogP contribution in [-0.4, -0.2) is 28.9 Å². The molecule has 1 aromatic carbocycles. The van der Waals surface area contributed by atoms with Crippen LogP contribution >= 0.6 is 0 Å². The second-order valence-electron chi connectivity index (χ2n) is 5.90. The van der Waals surface area contributed by atoms with E-state index in [0.717, 1.165) is 5.56 Å². The van der Waals surface area contributed by atoms with Gasteiger partial charge in [-0.2, -0.15) is 0 Å². The summed E-state index contributed by atoms with van der Waals surface area (Å²) in [5.41, 5.74) is 11.3. The van der Waals surface area contributed by atoms with Gasteiger partial charge in [-0.1, -0.05) is 30.3 Å². The maximum absolute atomic E-state index is 12.2. The van der Waals surface area contributed by atoms with E-state index in [4.69, 9.17) is 16.2 Å². The molecule has 0 unspecified atom stereocenters. The van der Waals surface area contributed by atoms with Gasteiger partial charge in [0.05, 0.1) is 18.2 Å². The van der Waals surface area contributed by atoms with Gasteiger partial charge in [-0.25, -0.2) is 0 Å². The zero-order chi connectivity index (χ0) is 15.3. The van der Waals surface area contributed by atoms with Crippen molar-refractivity contribution in [1.29, 1.82) is 0 Å².